The molecule has 1 aromatic carbocycles. The molecular formula is C10H11ClO. The first-order valence-corrected chi connectivity index (χ1v) is 4.62. The lowest BCUT2D eigenvalue weighted by molar-refractivity contribution is 0.113. The van der Waals surface area contributed by atoms with E-state index in [2.05, 4.69) is 12.1 Å². The summed E-state index contributed by atoms with van der Waals surface area (Å²) < 4.78 is 5.52. The van der Waals surface area contributed by atoms with E-state index in [0.29, 0.717) is 0 Å². The summed E-state index contributed by atoms with van der Waals surface area (Å²) >= 11 is 6.09. The van der Waals surface area contributed by atoms with Crippen molar-refractivity contribution >= 4 is 11.6 Å². The van der Waals surface area contributed by atoms with Gasteiger partial charge in [0, 0.05) is 6.61 Å². The molecule has 0 radical (unpaired) electrons. The van der Waals surface area contributed by atoms with Crippen LogP contribution in [0.5, 0.6) is 0 Å². The molecule has 1 nitrogen and oxygen atoms in total. The minimum Gasteiger partial charge on any atom is -0.372 e. The molecule has 1 aliphatic rings. The molecule has 1 aromatic rings. The van der Waals surface area contributed by atoms with Crippen LogP contribution >= 0.6 is 11.6 Å². The van der Waals surface area contributed by atoms with Crippen LogP contribution in [-0.2, 0) is 4.74 Å². The third-order valence-corrected chi connectivity index (χ3v) is 2.59. The standard InChI is InChI=1S/C10H11ClO/c11-9-6-7-12-10(9)8-4-2-1-3-5-8/h1-5,9-10H,6-7H2/t9-,10-/m0/s1. The van der Waals surface area contributed by atoms with Crippen LogP contribution < -0.4 is 0 Å². The molecule has 0 bridgehead atoms. The molecule has 0 unspecified atom stereocenters. The van der Waals surface area contributed by atoms with Gasteiger partial charge in [-0.25, -0.2) is 0 Å². The van der Waals surface area contributed by atoms with Gasteiger partial charge in [-0.2, -0.15) is 0 Å². The second-order valence-electron chi connectivity index (χ2n) is 3.01. The maximum Gasteiger partial charge on any atom is 0.0989 e. The fraction of sp³-hybridized carbons (Fsp3) is 0.400. The van der Waals surface area contributed by atoms with Crippen LogP contribution in [-0.4, -0.2) is 12.0 Å². The third kappa shape index (κ3) is 1.47. The minimum absolute atomic E-state index is 0.105. The van der Waals surface area contributed by atoms with E-state index in [-0.39, 0.29) is 11.5 Å². The van der Waals surface area contributed by atoms with Crippen LogP contribution in [0.2, 0.25) is 0 Å². The highest BCUT2D eigenvalue weighted by atomic mass is 35.5. The Kier molecular flexibility index (Phi) is 2.33. The molecule has 0 aliphatic carbocycles. The zero-order valence-corrected chi connectivity index (χ0v) is 7.50. The van der Waals surface area contributed by atoms with Gasteiger partial charge < -0.3 is 4.74 Å². The van der Waals surface area contributed by atoms with Crippen LogP contribution in [0, 0.1) is 0 Å². The summed E-state index contributed by atoms with van der Waals surface area (Å²) in [6.07, 6.45) is 1.06. The summed E-state index contributed by atoms with van der Waals surface area (Å²) in [6, 6.07) is 10.2. The Morgan fingerprint density at radius 3 is 2.58 bits per heavy atom. The van der Waals surface area contributed by atoms with Gasteiger partial charge in [0.1, 0.15) is 0 Å². The van der Waals surface area contributed by atoms with Crippen molar-refractivity contribution in [2.45, 2.75) is 17.9 Å². The zero-order chi connectivity index (χ0) is 8.39. The highest BCUT2D eigenvalue weighted by Gasteiger charge is 2.27. The summed E-state index contributed by atoms with van der Waals surface area (Å²) in [7, 11) is 0. The molecule has 0 N–H and O–H groups in total. The van der Waals surface area contributed by atoms with E-state index < -0.39 is 0 Å². The van der Waals surface area contributed by atoms with E-state index in [1.54, 1.807) is 0 Å². The van der Waals surface area contributed by atoms with E-state index >= 15 is 0 Å². The third-order valence-electron chi connectivity index (χ3n) is 2.15. The molecule has 0 spiro atoms. The summed E-state index contributed by atoms with van der Waals surface area (Å²) in [5.41, 5.74) is 1.19. The summed E-state index contributed by atoms with van der Waals surface area (Å²) in [5, 5.41) is 0.146. The molecule has 1 aliphatic heterocycles. The van der Waals surface area contributed by atoms with Gasteiger partial charge in [0.15, 0.2) is 0 Å². The molecule has 1 heterocycles. The lowest BCUT2D eigenvalue weighted by atomic mass is 10.1. The first-order chi connectivity index (χ1) is 5.88. The van der Waals surface area contributed by atoms with Crippen LogP contribution in [0.15, 0.2) is 30.3 Å². The Labute approximate surface area is 77.3 Å². The van der Waals surface area contributed by atoms with Gasteiger partial charge >= 0.3 is 0 Å². The number of rotatable bonds is 1. The Bertz CT molecular complexity index is 247. The molecular weight excluding hydrogens is 172 g/mol. The number of halogens is 1. The minimum atomic E-state index is 0.105. The normalized spacial score (nSPS) is 29.1. The van der Waals surface area contributed by atoms with Crippen LogP contribution in [0.4, 0.5) is 0 Å². The van der Waals surface area contributed by atoms with Crippen molar-refractivity contribution < 1.29 is 4.74 Å². The van der Waals surface area contributed by atoms with Crippen molar-refractivity contribution in [1.82, 2.24) is 0 Å². The molecule has 1 saturated heterocycles. The highest BCUT2D eigenvalue weighted by molar-refractivity contribution is 6.21. The zero-order valence-electron chi connectivity index (χ0n) is 6.74. The van der Waals surface area contributed by atoms with Gasteiger partial charge in [-0.15, -0.1) is 11.6 Å². The van der Waals surface area contributed by atoms with Gasteiger partial charge in [0.05, 0.1) is 11.5 Å². The molecule has 12 heavy (non-hydrogen) atoms. The molecule has 0 saturated carbocycles. The largest absolute Gasteiger partial charge is 0.372 e. The van der Waals surface area contributed by atoms with Gasteiger partial charge in [-0.3, -0.25) is 0 Å². The van der Waals surface area contributed by atoms with E-state index in [1.807, 2.05) is 18.2 Å². The van der Waals surface area contributed by atoms with Crippen molar-refractivity contribution in [3.63, 3.8) is 0 Å². The maximum absolute atomic E-state index is 6.09. The average molecular weight is 183 g/mol. The molecule has 0 aromatic heterocycles. The Hall–Kier alpha value is -0.530. The summed E-state index contributed by atoms with van der Waals surface area (Å²) in [5.74, 6) is 0. The highest BCUT2D eigenvalue weighted by Crippen LogP contribution is 2.32. The Morgan fingerprint density at radius 2 is 2.00 bits per heavy atom. The molecule has 2 atom stereocenters. The lowest BCUT2D eigenvalue weighted by Gasteiger charge is -2.12. The second-order valence-corrected chi connectivity index (χ2v) is 3.57. The van der Waals surface area contributed by atoms with E-state index in [4.69, 9.17) is 16.3 Å². The van der Waals surface area contributed by atoms with Crippen molar-refractivity contribution in [3.8, 4) is 0 Å². The number of benzene rings is 1. The molecule has 0 amide bonds. The number of hydrogen-bond acceptors (Lipinski definition) is 1. The quantitative estimate of drug-likeness (QED) is 0.607. The monoisotopic (exact) mass is 182 g/mol. The number of alkyl halides is 1. The fourth-order valence-electron chi connectivity index (χ4n) is 1.51. The van der Waals surface area contributed by atoms with Gasteiger partial charge in [-0.05, 0) is 12.0 Å². The number of ether oxygens (including phenoxy) is 1. The summed E-state index contributed by atoms with van der Waals surface area (Å²) in [6.45, 7) is 0.785. The second kappa shape index (κ2) is 3.46. The SMILES string of the molecule is Cl[C@H]1CCO[C@H]1c1ccccc1. The Balaban J connectivity index is 2.19. The Morgan fingerprint density at radius 1 is 1.25 bits per heavy atom. The first kappa shape index (κ1) is 8.09. The molecule has 64 valence electrons. The molecule has 1 fully saturated rings. The topological polar surface area (TPSA) is 9.23 Å². The first-order valence-electron chi connectivity index (χ1n) is 4.18. The van der Waals surface area contributed by atoms with Gasteiger partial charge in [0.2, 0.25) is 0 Å². The van der Waals surface area contributed by atoms with Gasteiger partial charge in [0.25, 0.3) is 0 Å². The molecule has 2 heteroatoms. The van der Waals surface area contributed by atoms with Crippen molar-refractivity contribution in [3.05, 3.63) is 35.9 Å². The molecule has 2 rings (SSSR count). The average Bonchev–Trinajstić information content (AvgIpc) is 2.53. The van der Waals surface area contributed by atoms with Crippen LogP contribution in [0.25, 0.3) is 0 Å². The van der Waals surface area contributed by atoms with Crippen molar-refractivity contribution in [2.75, 3.05) is 6.61 Å². The van der Waals surface area contributed by atoms with Crippen molar-refractivity contribution in [2.24, 2.45) is 0 Å². The number of hydrogen-bond donors (Lipinski definition) is 0. The fourth-order valence-corrected chi connectivity index (χ4v) is 1.82. The van der Waals surface area contributed by atoms with Crippen molar-refractivity contribution in [1.29, 1.82) is 0 Å². The van der Waals surface area contributed by atoms with E-state index in [0.717, 1.165) is 13.0 Å². The van der Waals surface area contributed by atoms with E-state index in [1.165, 1.54) is 5.56 Å². The van der Waals surface area contributed by atoms with E-state index in [9.17, 15) is 0 Å². The lowest BCUT2D eigenvalue weighted by Crippen LogP contribution is -2.05. The maximum atomic E-state index is 6.09. The van der Waals surface area contributed by atoms with Gasteiger partial charge in [-0.1, -0.05) is 30.3 Å². The predicted octanol–water partition coefficient (Wildman–Crippen LogP) is 2.76. The summed E-state index contributed by atoms with van der Waals surface area (Å²) in [4.78, 5) is 0. The predicted molar refractivity (Wildman–Crippen MR) is 49.4 cm³/mol. The van der Waals surface area contributed by atoms with Crippen LogP contribution in [0.1, 0.15) is 18.1 Å². The van der Waals surface area contributed by atoms with Crippen LogP contribution in [0.3, 0.4) is 0 Å². The smallest absolute Gasteiger partial charge is 0.0989 e.